The van der Waals surface area contributed by atoms with Crippen molar-refractivity contribution in [1.29, 1.82) is 0 Å². The first-order valence-electron chi connectivity index (χ1n) is 5.12. The SMILES string of the molecule is COc1cnc(OC2CCCNC2)nc1. The molecule has 1 N–H and O–H groups in total. The van der Waals surface area contributed by atoms with E-state index in [9.17, 15) is 0 Å². The van der Waals surface area contributed by atoms with Gasteiger partial charge < -0.3 is 14.8 Å². The lowest BCUT2D eigenvalue weighted by molar-refractivity contribution is 0.153. The second-order valence-electron chi connectivity index (χ2n) is 3.49. The largest absolute Gasteiger partial charge is 0.494 e. The Morgan fingerprint density at radius 1 is 1.40 bits per heavy atom. The summed E-state index contributed by atoms with van der Waals surface area (Å²) in [5, 5.41) is 3.27. The third-order valence-corrected chi connectivity index (χ3v) is 2.36. The molecule has 2 rings (SSSR count). The van der Waals surface area contributed by atoms with Crippen LogP contribution in [0.5, 0.6) is 11.8 Å². The van der Waals surface area contributed by atoms with Crippen molar-refractivity contribution in [2.75, 3.05) is 20.2 Å². The van der Waals surface area contributed by atoms with Gasteiger partial charge in [-0.3, -0.25) is 0 Å². The quantitative estimate of drug-likeness (QED) is 0.790. The first kappa shape index (κ1) is 10.2. The minimum atomic E-state index is 0.187. The molecule has 1 atom stereocenters. The van der Waals surface area contributed by atoms with Gasteiger partial charge in [-0.2, -0.15) is 9.97 Å². The number of nitrogens with one attached hydrogen (secondary N) is 1. The lowest BCUT2D eigenvalue weighted by atomic mass is 10.1. The maximum atomic E-state index is 5.61. The Morgan fingerprint density at radius 3 is 2.80 bits per heavy atom. The number of rotatable bonds is 3. The highest BCUT2D eigenvalue weighted by Crippen LogP contribution is 2.12. The van der Waals surface area contributed by atoms with Crippen LogP contribution in [0.2, 0.25) is 0 Å². The molecule has 15 heavy (non-hydrogen) atoms. The molecule has 5 nitrogen and oxygen atoms in total. The van der Waals surface area contributed by atoms with Crippen molar-refractivity contribution in [1.82, 2.24) is 15.3 Å². The third kappa shape index (κ3) is 2.79. The summed E-state index contributed by atoms with van der Waals surface area (Å²) in [4.78, 5) is 8.12. The zero-order valence-electron chi connectivity index (χ0n) is 8.77. The van der Waals surface area contributed by atoms with Gasteiger partial charge >= 0.3 is 6.01 Å². The standard InChI is InChI=1S/C10H15N3O2/c1-14-9-6-12-10(13-7-9)15-8-3-2-4-11-5-8/h6-8,11H,2-5H2,1H3. The first-order chi connectivity index (χ1) is 7.38. The van der Waals surface area contributed by atoms with Crippen LogP contribution in [0.25, 0.3) is 0 Å². The van der Waals surface area contributed by atoms with Gasteiger partial charge in [-0.25, -0.2) is 0 Å². The van der Waals surface area contributed by atoms with Crippen LogP contribution in [-0.4, -0.2) is 36.3 Å². The fraction of sp³-hybridized carbons (Fsp3) is 0.600. The summed E-state index contributed by atoms with van der Waals surface area (Å²) >= 11 is 0. The molecule has 0 aliphatic carbocycles. The highest BCUT2D eigenvalue weighted by molar-refractivity contribution is 5.13. The summed E-state index contributed by atoms with van der Waals surface area (Å²) in [5.41, 5.74) is 0. The molecule has 1 aromatic rings. The second-order valence-corrected chi connectivity index (χ2v) is 3.49. The van der Waals surface area contributed by atoms with Gasteiger partial charge in [0.25, 0.3) is 0 Å². The van der Waals surface area contributed by atoms with Crippen LogP contribution < -0.4 is 14.8 Å². The monoisotopic (exact) mass is 209 g/mol. The van der Waals surface area contributed by atoms with E-state index in [1.54, 1.807) is 19.5 Å². The molecule has 5 heteroatoms. The lowest BCUT2D eigenvalue weighted by Gasteiger charge is -2.22. The van der Waals surface area contributed by atoms with Crippen LogP contribution in [0, 0.1) is 0 Å². The predicted octanol–water partition coefficient (Wildman–Crippen LogP) is 0.616. The van der Waals surface area contributed by atoms with Crippen LogP contribution in [-0.2, 0) is 0 Å². The van der Waals surface area contributed by atoms with Crippen molar-refractivity contribution in [2.24, 2.45) is 0 Å². The molecule has 1 aromatic heterocycles. The molecule has 82 valence electrons. The molecule has 0 radical (unpaired) electrons. The molecule has 1 unspecified atom stereocenters. The van der Waals surface area contributed by atoms with E-state index in [0.717, 1.165) is 25.9 Å². The van der Waals surface area contributed by atoms with E-state index in [4.69, 9.17) is 9.47 Å². The second kappa shape index (κ2) is 4.93. The summed E-state index contributed by atoms with van der Waals surface area (Å²) in [6, 6.07) is 0.421. The van der Waals surface area contributed by atoms with Crippen molar-refractivity contribution < 1.29 is 9.47 Å². The molecule has 0 spiro atoms. The molecule has 1 fully saturated rings. The maximum absolute atomic E-state index is 5.61. The Hall–Kier alpha value is -1.36. The first-order valence-corrected chi connectivity index (χ1v) is 5.12. The molecule has 0 aromatic carbocycles. The Morgan fingerprint density at radius 2 is 2.20 bits per heavy atom. The average molecular weight is 209 g/mol. The van der Waals surface area contributed by atoms with Gasteiger partial charge in [0.1, 0.15) is 6.10 Å². The Kier molecular flexibility index (Phi) is 3.34. The van der Waals surface area contributed by atoms with Gasteiger partial charge in [-0.05, 0) is 19.4 Å². The van der Waals surface area contributed by atoms with Crippen molar-refractivity contribution >= 4 is 0 Å². The van der Waals surface area contributed by atoms with E-state index < -0.39 is 0 Å². The summed E-state index contributed by atoms with van der Waals surface area (Å²) in [6.07, 6.45) is 5.60. The van der Waals surface area contributed by atoms with E-state index in [0.29, 0.717) is 11.8 Å². The van der Waals surface area contributed by atoms with Crippen molar-refractivity contribution in [3.63, 3.8) is 0 Å². The highest BCUT2D eigenvalue weighted by atomic mass is 16.5. The third-order valence-electron chi connectivity index (χ3n) is 2.36. The Balaban J connectivity index is 1.91. The number of aromatic nitrogens is 2. The van der Waals surface area contributed by atoms with E-state index in [1.165, 1.54) is 0 Å². The van der Waals surface area contributed by atoms with Crippen LogP contribution >= 0.6 is 0 Å². The van der Waals surface area contributed by atoms with Crippen LogP contribution in [0.15, 0.2) is 12.4 Å². The molecular formula is C10H15N3O2. The summed E-state index contributed by atoms with van der Waals surface area (Å²) in [6.45, 7) is 1.94. The number of methoxy groups -OCH3 is 1. The molecular weight excluding hydrogens is 194 g/mol. The number of piperidine rings is 1. The summed E-state index contributed by atoms with van der Waals surface area (Å²) in [7, 11) is 1.59. The van der Waals surface area contributed by atoms with Gasteiger partial charge in [0, 0.05) is 6.54 Å². The van der Waals surface area contributed by atoms with Gasteiger partial charge in [0.05, 0.1) is 19.5 Å². The predicted molar refractivity (Wildman–Crippen MR) is 55.1 cm³/mol. The molecule has 1 saturated heterocycles. The smallest absolute Gasteiger partial charge is 0.316 e. The number of hydrogen-bond acceptors (Lipinski definition) is 5. The normalized spacial score (nSPS) is 21.0. The van der Waals surface area contributed by atoms with Crippen LogP contribution in [0.3, 0.4) is 0 Å². The van der Waals surface area contributed by atoms with Gasteiger partial charge in [-0.1, -0.05) is 0 Å². The van der Waals surface area contributed by atoms with E-state index >= 15 is 0 Å². The summed E-state index contributed by atoms with van der Waals surface area (Å²) in [5.74, 6) is 0.643. The molecule has 1 aliphatic heterocycles. The molecule has 2 heterocycles. The van der Waals surface area contributed by atoms with E-state index in [1.807, 2.05) is 0 Å². The van der Waals surface area contributed by atoms with Crippen LogP contribution in [0.4, 0.5) is 0 Å². The number of nitrogens with zero attached hydrogens (tertiary/aromatic N) is 2. The average Bonchev–Trinajstić information content (AvgIpc) is 2.31. The fourth-order valence-corrected chi connectivity index (χ4v) is 1.54. The molecule has 0 saturated carbocycles. The van der Waals surface area contributed by atoms with Crippen molar-refractivity contribution in [2.45, 2.75) is 18.9 Å². The number of hydrogen-bond donors (Lipinski definition) is 1. The van der Waals surface area contributed by atoms with Gasteiger partial charge in [0.2, 0.25) is 0 Å². The molecule has 0 amide bonds. The van der Waals surface area contributed by atoms with Gasteiger partial charge in [0.15, 0.2) is 5.75 Å². The Labute approximate surface area is 88.8 Å². The highest BCUT2D eigenvalue weighted by Gasteiger charge is 2.15. The fourth-order valence-electron chi connectivity index (χ4n) is 1.54. The summed E-state index contributed by atoms with van der Waals surface area (Å²) < 4.78 is 10.6. The maximum Gasteiger partial charge on any atom is 0.316 e. The van der Waals surface area contributed by atoms with Crippen molar-refractivity contribution in [3.8, 4) is 11.8 Å². The minimum Gasteiger partial charge on any atom is -0.494 e. The van der Waals surface area contributed by atoms with Crippen molar-refractivity contribution in [3.05, 3.63) is 12.4 Å². The lowest BCUT2D eigenvalue weighted by Crippen LogP contribution is -2.37. The zero-order chi connectivity index (χ0) is 10.5. The van der Waals surface area contributed by atoms with Crippen LogP contribution in [0.1, 0.15) is 12.8 Å². The molecule has 1 aliphatic rings. The van der Waals surface area contributed by atoms with Gasteiger partial charge in [-0.15, -0.1) is 0 Å². The zero-order valence-corrected chi connectivity index (χ0v) is 8.77. The van der Waals surface area contributed by atoms with E-state index in [2.05, 4.69) is 15.3 Å². The van der Waals surface area contributed by atoms with E-state index in [-0.39, 0.29) is 6.10 Å². The molecule has 0 bridgehead atoms. The Bertz CT molecular complexity index is 296. The topological polar surface area (TPSA) is 56.3 Å². The number of ether oxygens (including phenoxy) is 2. The minimum absolute atomic E-state index is 0.187.